The molecule has 0 N–H and O–H groups in total. The van der Waals surface area contributed by atoms with Crippen LogP contribution in [-0.2, 0) is 4.79 Å². The number of methoxy groups -OCH3 is 3. The molecule has 0 unspecified atom stereocenters. The second kappa shape index (κ2) is 11.4. The molecular weight excluding hydrogens is 472 g/mol. The number of aryl methyl sites for hydroxylation is 2. The van der Waals surface area contributed by atoms with E-state index >= 15 is 0 Å². The lowest BCUT2D eigenvalue weighted by atomic mass is 10.1. The molecule has 196 valence electrons. The van der Waals surface area contributed by atoms with E-state index in [2.05, 4.69) is 28.1 Å². The van der Waals surface area contributed by atoms with Crippen molar-refractivity contribution in [1.29, 1.82) is 0 Å². The first-order chi connectivity index (χ1) is 17.8. The number of carbonyl (C=O) groups is 1. The van der Waals surface area contributed by atoms with E-state index in [0.29, 0.717) is 49.1 Å². The second-order valence-electron chi connectivity index (χ2n) is 9.05. The normalized spacial score (nSPS) is 13.4. The number of carbonyl (C=O) groups excluding carboxylic acids is 1. The predicted molar refractivity (Wildman–Crippen MR) is 142 cm³/mol. The number of rotatable bonds is 8. The number of hydrogen-bond donors (Lipinski definition) is 0. The van der Waals surface area contributed by atoms with Gasteiger partial charge in [-0.1, -0.05) is 6.07 Å². The third-order valence-electron chi connectivity index (χ3n) is 6.68. The van der Waals surface area contributed by atoms with Gasteiger partial charge < -0.3 is 28.7 Å². The Hall–Kier alpha value is -4.01. The molecule has 9 nitrogen and oxygen atoms in total. The van der Waals surface area contributed by atoms with Crippen LogP contribution in [-0.4, -0.2) is 75.1 Å². The van der Waals surface area contributed by atoms with Crippen molar-refractivity contribution in [3.63, 3.8) is 0 Å². The fourth-order valence-corrected chi connectivity index (χ4v) is 4.44. The fraction of sp³-hybridized carbons (Fsp3) is 0.393. The molecule has 0 bridgehead atoms. The molecule has 1 aromatic heterocycles. The number of anilines is 1. The Kier molecular flexibility index (Phi) is 8.01. The molecule has 1 saturated heterocycles. The lowest BCUT2D eigenvalue weighted by Crippen LogP contribution is -2.50. The minimum atomic E-state index is -0.0120. The molecule has 2 heterocycles. The topological polar surface area (TPSA) is 86.3 Å². The summed E-state index contributed by atoms with van der Waals surface area (Å²) in [4.78, 5) is 16.7. The summed E-state index contributed by atoms with van der Waals surface area (Å²) in [6.07, 6.45) is 0. The Morgan fingerprint density at radius 2 is 1.51 bits per heavy atom. The quantitative estimate of drug-likeness (QED) is 0.456. The maximum absolute atomic E-state index is 12.8. The first kappa shape index (κ1) is 26.1. The zero-order valence-electron chi connectivity index (χ0n) is 22.3. The first-order valence-electron chi connectivity index (χ1n) is 12.2. The van der Waals surface area contributed by atoms with Crippen molar-refractivity contribution in [3.8, 4) is 34.3 Å². The average molecular weight is 507 g/mol. The van der Waals surface area contributed by atoms with Crippen molar-refractivity contribution in [2.75, 3.05) is 59.0 Å². The number of nitrogens with zero attached hydrogens (tertiary/aromatic N) is 4. The van der Waals surface area contributed by atoms with Gasteiger partial charge in [-0.15, -0.1) is 10.2 Å². The molecule has 37 heavy (non-hydrogen) atoms. The molecule has 0 spiro atoms. The molecule has 1 amide bonds. The van der Waals surface area contributed by atoms with E-state index in [1.54, 1.807) is 21.3 Å². The minimum Gasteiger partial charge on any atom is -0.493 e. The van der Waals surface area contributed by atoms with Gasteiger partial charge in [0.25, 0.3) is 5.91 Å². The third kappa shape index (κ3) is 5.71. The largest absolute Gasteiger partial charge is 0.493 e. The summed E-state index contributed by atoms with van der Waals surface area (Å²) in [6, 6.07) is 11.6. The maximum atomic E-state index is 12.8. The molecule has 3 aromatic rings. The molecular formula is C28H34N4O5. The van der Waals surface area contributed by atoms with E-state index in [1.807, 2.05) is 49.1 Å². The average Bonchev–Trinajstić information content (AvgIpc) is 2.93. The van der Waals surface area contributed by atoms with Crippen molar-refractivity contribution in [2.24, 2.45) is 0 Å². The van der Waals surface area contributed by atoms with E-state index in [9.17, 15) is 4.79 Å². The fourth-order valence-electron chi connectivity index (χ4n) is 4.44. The van der Waals surface area contributed by atoms with Gasteiger partial charge in [-0.2, -0.15) is 0 Å². The number of hydrogen-bond acceptors (Lipinski definition) is 8. The molecule has 4 rings (SSSR count). The molecule has 0 radical (unpaired) electrons. The summed E-state index contributed by atoms with van der Waals surface area (Å²) < 4.78 is 22.2. The Balaban J connectivity index is 1.36. The molecule has 0 saturated carbocycles. The highest BCUT2D eigenvalue weighted by Crippen LogP contribution is 2.40. The molecule has 1 aliphatic heterocycles. The van der Waals surface area contributed by atoms with Crippen LogP contribution >= 0.6 is 0 Å². The number of aromatic nitrogens is 2. The number of ether oxygens (including phenoxy) is 4. The Morgan fingerprint density at radius 3 is 2.08 bits per heavy atom. The SMILES string of the molecule is COc1cc(-c2ccc(N3CCN(C(=O)COc4cc(C)cc(C)c4C)CC3)nn2)cc(OC)c1OC. The van der Waals surface area contributed by atoms with E-state index in [1.165, 1.54) is 0 Å². The van der Waals surface area contributed by atoms with E-state index in [0.717, 1.165) is 33.8 Å². The zero-order valence-corrected chi connectivity index (χ0v) is 22.3. The van der Waals surface area contributed by atoms with Crippen molar-refractivity contribution in [3.05, 3.63) is 53.1 Å². The van der Waals surface area contributed by atoms with Crippen LogP contribution in [0.3, 0.4) is 0 Å². The summed E-state index contributed by atoms with van der Waals surface area (Å²) in [5.41, 5.74) is 4.85. The summed E-state index contributed by atoms with van der Waals surface area (Å²) in [7, 11) is 4.73. The van der Waals surface area contributed by atoms with Gasteiger partial charge in [-0.05, 0) is 67.8 Å². The van der Waals surface area contributed by atoms with E-state index in [4.69, 9.17) is 18.9 Å². The lowest BCUT2D eigenvalue weighted by Gasteiger charge is -2.35. The number of benzene rings is 2. The van der Waals surface area contributed by atoms with Crippen molar-refractivity contribution in [1.82, 2.24) is 15.1 Å². The van der Waals surface area contributed by atoms with Crippen LogP contribution in [0.2, 0.25) is 0 Å². The molecule has 9 heteroatoms. The maximum Gasteiger partial charge on any atom is 0.260 e. The number of piperazine rings is 1. The number of amides is 1. The highest BCUT2D eigenvalue weighted by molar-refractivity contribution is 5.78. The van der Waals surface area contributed by atoms with E-state index in [-0.39, 0.29) is 12.5 Å². The minimum absolute atomic E-state index is 0.0120. The highest BCUT2D eigenvalue weighted by atomic mass is 16.5. The van der Waals surface area contributed by atoms with Gasteiger partial charge in [-0.3, -0.25) is 4.79 Å². The summed E-state index contributed by atoms with van der Waals surface area (Å²) >= 11 is 0. The predicted octanol–water partition coefficient (Wildman–Crippen LogP) is 3.82. The van der Waals surface area contributed by atoms with Gasteiger partial charge >= 0.3 is 0 Å². The van der Waals surface area contributed by atoms with Crippen LogP contribution in [0.5, 0.6) is 23.0 Å². The van der Waals surface area contributed by atoms with Gasteiger partial charge in [0.05, 0.1) is 27.0 Å². The Labute approximate surface area is 217 Å². The van der Waals surface area contributed by atoms with Crippen LogP contribution in [0.1, 0.15) is 16.7 Å². The summed E-state index contributed by atoms with van der Waals surface area (Å²) in [5.74, 6) is 3.17. The van der Waals surface area contributed by atoms with Crippen molar-refractivity contribution >= 4 is 11.7 Å². The second-order valence-corrected chi connectivity index (χ2v) is 9.05. The van der Waals surface area contributed by atoms with Gasteiger partial charge in [0, 0.05) is 31.7 Å². The van der Waals surface area contributed by atoms with Crippen LogP contribution in [0.4, 0.5) is 5.82 Å². The molecule has 0 atom stereocenters. The Bertz CT molecular complexity index is 1230. The molecule has 1 aliphatic rings. The highest BCUT2D eigenvalue weighted by Gasteiger charge is 2.23. The summed E-state index contributed by atoms with van der Waals surface area (Å²) in [6.45, 7) is 8.68. The van der Waals surface area contributed by atoms with Gasteiger partial charge in [0.2, 0.25) is 5.75 Å². The zero-order chi connectivity index (χ0) is 26.5. The van der Waals surface area contributed by atoms with Crippen LogP contribution in [0, 0.1) is 20.8 Å². The lowest BCUT2D eigenvalue weighted by molar-refractivity contribution is -0.133. The molecule has 2 aromatic carbocycles. The van der Waals surface area contributed by atoms with Crippen molar-refractivity contribution in [2.45, 2.75) is 20.8 Å². The van der Waals surface area contributed by atoms with Crippen LogP contribution in [0.15, 0.2) is 36.4 Å². The van der Waals surface area contributed by atoms with Gasteiger partial charge in [-0.25, -0.2) is 0 Å². The smallest absolute Gasteiger partial charge is 0.260 e. The van der Waals surface area contributed by atoms with E-state index < -0.39 is 0 Å². The molecule has 1 fully saturated rings. The summed E-state index contributed by atoms with van der Waals surface area (Å²) in [5, 5.41) is 8.87. The van der Waals surface area contributed by atoms with Gasteiger partial charge in [0.1, 0.15) is 5.75 Å². The van der Waals surface area contributed by atoms with Crippen LogP contribution in [0.25, 0.3) is 11.3 Å². The van der Waals surface area contributed by atoms with Crippen molar-refractivity contribution < 1.29 is 23.7 Å². The van der Waals surface area contributed by atoms with Gasteiger partial charge in [0.15, 0.2) is 23.9 Å². The monoisotopic (exact) mass is 506 g/mol. The Morgan fingerprint density at radius 1 is 0.838 bits per heavy atom. The van der Waals surface area contributed by atoms with Crippen LogP contribution < -0.4 is 23.8 Å². The first-order valence-corrected chi connectivity index (χ1v) is 12.2. The molecule has 0 aliphatic carbocycles. The standard InChI is InChI=1S/C28H34N4O5/c1-18-13-19(2)20(3)23(14-18)37-17-27(33)32-11-9-31(10-12-32)26-8-7-22(29-30-26)21-15-24(34-4)28(36-6)25(16-21)35-5/h7-8,13-16H,9-12,17H2,1-6H3. The third-order valence-corrected chi connectivity index (χ3v) is 6.68.